The third-order valence-electron chi connectivity index (χ3n) is 4.01. The van der Waals surface area contributed by atoms with E-state index in [1.807, 2.05) is 0 Å². The van der Waals surface area contributed by atoms with Crippen LogP contribution in [-0.2, 0) is 19.9 Å². The predicted molar refractivity (Wildman–Crippen MR) is 108 cm³/mol. The summed E-state index contributed by atoms with van der Waals surface area (Å²) in [6.45, 7) is 3.30. The predicted octanol–water partition coefficient (Wildman–Crippen LogP) is -0.900. The molecule has 0 saturated carbocycles. The molecular formula is C16H34N6O6S-2. The van der Waals surface area contributed by atoms with Crippen LogP contribution in [0.15, 0.2) is 9.98 Å². The molecule has 0 aromatic carbocycles. The fourth-order valence-corrected chi connectivity index (χ4v) is 2.80. The number of ether oxygens (including phenoxy) is 2. The van der Waals surface area contributed by atoms with Gasteiger partial charge in [0.2, 0.25) is 0 Å². The number of hydrogen-bond acceptors (Lipinski definition) is 8. The van der Waals surface area contributed by atoms with Crippen LogP contribution in [0.1, 0.15) is 51.4 Å². The summed E-state index contributed by atoms with van der Waals surface area (Å²) in [5, 5.41) is 0. The van der Waals surface area contributed by atoms with Crippen LogP contribution in [0.2, 0.25) is 0 Å². The third-order valence-corrected chi connectivity index (χ3v) is 4.01. The van der Waals surface area contributed by atoms with Gasteiger partial charge in [0.05, 0.1) is 12.2 Å². The minimum atomic E-state index is -5.17. The van der Waals surface area contributed by atoms with E-state index < -0.39 is 10.4 Å². The second-order valence-electron chi connectivity index (χ2n) is 6.58. The summed E-state index contributed by atoms with van der Waals surface area (Å²) in [5.41, 5.74) is 20.7. The maximum absolute atomic E-state index is 8.52. The highest BCUT2D eigenvalue weighted by Gasteiger charge is 2.14. The van der Waals surface area contributed by atoms with Gasteiger partial charge < -0.3 is 41.5 Å². The van der Waals surface area contributed by atoms with Crippen molar-refractivity contribution in [1.29, 1.82) is 0 Å². The number of hydrogen-bond donors (Lipinski definition) is 4. The number of nitrogens with zero attached hydrogens (tertiary/aromatic N) is 2. The largest absolute Gasteiger partial charge is 0.759 e. The van der Waals surface area contributed by atoms with Gasteiger partial charge in [0, 0.05) is 36.7 Å². The van der Waals surface area contributed by atoms with E-state index in [2.05, 4.69) is 9.98 Å². The second-order valence-corrected chi connectivity index (χ2v) is 7.39. The number of nitrogens with two attached hydrogens (primary N) is 4. The van der Waals surface area contributed by atoms with Crippen molar-refractivity contribution in [2.75, 3.05) is 26.3 Å². The van der Waals surface area contributed by atoms with E-state index in [0.29, 0.717) is 12.2 Å². The topological polar surface area (TPSA) is 228 Å². The maximum atomic E-state index is 8.52. The first-order valence-electron chi connectivity index (χ1n) is 9.58. The van der Waals surface area contributed by atoms with Crippen molar-refractivity contribution in [3.63, 3.8) is 0 Å². The number of guanidine groups is 2. The van der Waals surface area contributed by atoms with Crippen molar-refractivity contribution < 1.29 is 27.0 Å². The molecule has 0 aromatic rings. The van der Waals surface area contributed by atoms with Crippen molar-refractivity contribution in [3.8, 4) is 0 Å². The van der Waals surface area contributed by atoms with Gasteiger partial charge >= 0.3 is 0 Å². The lowest BCUT2D eigenvalue weighted by atomic mass is 10.1. The molecule has 2 saturated heterocycles. The minimum Gasteiger partial charge on any atom is -0.759 e. The Morgan fingerprint density at radius 3 is 1.41 bits per heavy atom. The third kappa shape index (κ3) is 22.5. The lowest BCUT2D eigenvalue weighted by molar-refractivity contribution is 0.103. The Morgan fingerprint density at radius 2 is 1.17 bits per heavy atom. The molecule has 0 spiro atoms. The van der Waals surface area contributed by atoms with Crippen LogP contribution in [0.25, 0.3) is 0 Å². The summed E-state index contributed by atoms with van der Waals surface area (Å²) in [5.74, 6) is 0.365. The molecule has 0 aromatic heterocycles. The van der Waals surface area contributed by atoms with Crippen LogP contribution >= 0.6 is 0 Å². The molecule has 12 nitrogen and oxygen atoms in total. The number of aliphatic imine (C=N–C) groups is 2. The van der Waals surface area contributed by atoms with Gasteiger partial charge in [-0.05, 0) is 51.4 Å². The van der Waals surface area contributed by atoms with Crippen LogP contribution in [0, 0.1) is 0 Å². The van der Waals surface area contributed by atoms with E-state index in [-0.39, 0.29) is 11.9 Å². The summed E-state index contributed by atoms with van der Waals surface area (Å²) >= 11 is 0. The Labute approximate surface area is 172 Å². The van der Waals surface area contributed by atoms with Crippen molar-refractivity contribution in [2.24, 2.45) is 32.9 Å². The zero-order chi connectivity index (χ0) is 22.1. The monoisotopic (exact) mass is 438 g/mol. The zero-order valence-electron chi connectivity index (χ0n) is 16.7. The summed E-state index contributed by atoms with van der Waals surface area (Å²) in [6, 6.07) is 0. The Hall–Kier alpha value is -1.67. The van der Waals surface area contributed by atoms with E-state index >= 15 is 0 Å². The standard InChI is InChI=1S/2C8H17N3O.H2O4S/c2*9-8(10)11-5-1-3-7-4-2-6-12-7;1-5(2,3)4/h2*7H,1-6H2,(H4,9,10,11);(H2,1,2,3,4)/p-2. The molecular weight excluding hydrogens is 404 g/mol. The Morgan fingerprint density at radius 1 is 0.828 bits per heavy atom. The number of rotatable bonds is 8. The van der Waals surface area contributed by atoms with Gasteiger partial charge in [-0.25, -0.2) is 0 Å². The first-order valence-corrected chi connectivity index (χ1v) is 10.9. The smallest absolute Gasteiger partial charge is 0.185 e. The van der Waals surface area contributed by atoms with Gasteiger partial charge in [0.15, 0.2) is 11.9 Å². The quantitative estimate of drug-likeness (QED) is 0.120. The lowest BCUT2D eigenvalue weighted by Crippen LogP contribution is -2.23. The molecule has 8 N–H and O–H groups in total. The van der Waals surface area contributed by atoms with E-state index in [1.54, 1.807) is 0 Å². The van der Waals surface area contributed by atoms with Gasteiger partial charge in [-0.15, -0.1) is 0 Å². The van der Waals surface area contributed by atoms with E-state index in [1.165, 1.54) is 25.7 Å². The van der Waals surface area contributed by atoms with E-state index in [0.717, 1.165) is 52.0 Å². The molecule has 0 radical (unpaired) electrons. The normalized spacial score (nSPS) is 20.6. The van der Waals surface area contributed by atoms with Gasteiger partial charge in [-0.2, -0.15) is 0 Å². The van der Waals surface area contributed by atoms with Crippen LogP contribution in [0.5, 0.6) is 0 Å². The molecule has 0 bridgehead atoms. The molecule has 2 aliphatic rings. The van der Waals surface area contributed by atoms with Crippen LogP contribution < -0.4 is 22.9 Å². The van der Waals surface area contributed by atoms with Gasteiger partial charge in [0.1, 0.15) is 0 Å². The fraction of sp³-hybridized carbons (Fsp3) is 0.875. The van der Waals surface area contributed by atoms with Crippen LogP contribution in [-0.4, -0.2) is 68.0 Å². The molecule has 13 heteroatoms. The van der Waals surface area contributed by atoms with E-state index in [9.17, 15) is 0 Å². The van der Waals surface area contributed by atoms with E-state index in [4.69, 9.17) is 49.9 Å². The molecule has 2 rings (SSSR count). The average molecular weight is 439 g/mol. The molecule has 29 heavy (non-hydrogen) atoms. The fourth-order valence-electron chi connectivity index (χ4n) is 2.80. The molecule has 2 atom stereocenters. The van der Waals surface area contributed by atoms with Crippen LogP contribution in [0.3, 0.4) is 0 Å². The molecule has 2 heterocycles. The first kappa shape index (κ1) is 27.3. The molecule has 0 amide bonds. The highest BCUT2D eigenvalue weighted by atomic mass is 32.3. The Balaban J connectivity index is 0.000000442. The Kier molecular flexibility index (Phi) is 15.2. The first-order chi connectivity index (χ1) is 13.6. The molecule has 2 fully saturated rings. The van der Waals surface area contributed by atoms with Crippen molar-refractivity contribution in [2.45, 2.75) is 63.6 Å². The Bertz CT molecular complexity index is 522. The van der Waals surface area contributed by atoms with Gasteiger partial charge in [0.25, 0.3) is 0 Å². The lowest BCUT2D eigenvalue weighted by Gasteiger charge is -2.06. The van der Waals surface area contributed by atoms with Crippen LogP contribution in [0.4, 0.5) is 0 Å². The molecule has 2 unspecified atom stereocenters. The van der Waals surface area contributed by atoms with Gasteiger partial charge in [-0.3, -0.25) is 18.4 Å². The van der Waals surface area contributed by atoms with Crippen molar-refractivity contribution in [3.05, 3.63) is 0 Å². The highest BCUT2D eigenvalue weighted by Crippen LogP contribution is 2.17. The average Bonchev–Trinajstić information content (AvgIpc) is 3.28. The highest BCUT2D eigenvalue weighted by molar-refractivity contribution is 7.79. The maximum Gasteiger partial charge on any atom is 0.185 e. The molecule has 2 aliphatic heterocycles. The minimum absolute atomic E-state index is 0.183. The summed E-state index contributed by atoms with van der Waals surface area (Å²) in [7, 11) is -5.17. The molecule has 172 valence electrons. The summed E-state index contributed by atoms with van der Waals surface area (Å²) < 4.78 is 45.0. The van der Waals surface area contributed by atoms with Crippen molar-refractivity contribution >= 4 is 22.3 Å². The zero-order valence-corrected chi connectivity index (χ0v) is 17.5. The molecule has 0 aliphatic carbocycles. The van der Waals surface area contributed by atoms with Gasteiger partial charge in [-0.1, -0.05) is 0 Å². The summed E-state index contributed by atoms with van der Waals surface area (Å²) in [4.78, 5) is 7.80. The second kappa shape index (κ2) is 16.2. The van der Waals surface area contributed by atoms with Crippen molar-refractivity contribution in [1.82, 2.24) is 0 Å². The summed E-state index contributed by atoms with van der Waals surface area (Å²) in [6.07, 6.45) is 9.90. The SMILES string of the molecule is NC(N)=NCCCC1CCCO1.NC(N)=NCCCC1CCCO1.O=S(=O)([O-])[O-].